The maximum absolute atomic E-state index is 12.4. The van der Waals surface area contributed by atoms with Gasteiger partial charge in [-0.05, 0) is 26.2 Å². The number of carbonyl (C=O) groups is 1. The van der Waals surface area contributed by atoms with Crippen molar-refractivity contribution in [2.24, 2.45) is 0 Å². The molecule has 20 heavy (non-hydrogen) atoms. The number of nitrogens with zero attached hydrogens (tertiary/aromatic N) is 2. The molecule has 0 bridgehead atoms. The van der Waals surface area contributed by atoms with E-state index in [0.29, 0.717) is 12.2 Å². The van der Waals surface area contributed by atoms with Gasteiger partial charge in [-0.3, -0.25) is 4.79 Å². The number of amides is 1. The van der Waals surface area contributed by atoms with Crippen LogP contribution in [0.4, 0.5) is 0 Å². The van der Waals surface area contributed by atoms with Gasteiger partial charge in [0, 0.05) is 25.2 Å². The first kappa shape index (κ1) is 15.0. The van der Waals surface area contributed by atoms with Crippen LogP contribution in [0.5, 0.6) is 0 Å². The minimum atomic E-state index is -3.26. The molecule has 0 radical (unpaired) electrons. The molecule has 2 heterocycles. The fourth-order valence-electron chi connectivity index (χ4n) is 2.33. The second-order valence-electron chi connectivity index (χ2n) is 5.10. The second kappa shape index (κ2) is 5.92. The van der Waals surface area contributed by atoms with E-state index < -0.39 is 10.0 Å². The number of rotatable bonds is 4. The number of sulfonamides is 1. The fraction of sp³-hybridized carbons (Fsp3) is 0.667. The van der Waals surface area contributed by atoms with Crippen molar-refractivity contribution in [3.05, 3.63) is 17.5 Å². The molecule has 1 aromatic heterocycles. The average Bonchev–Trinajstić information content (AvgIpc) is 2.82. The molecule has 0 aliphatic carbocycles. The summed E-state index contributed by atoms with van der Waals surface area (Å²) in [6.45, 7) is 2.59. The number of nitrogens with one attached hydrogen (secondary N) is 1. The number of aryl methyl sites for hydroxylation is 1. The van der Waals surface area contributed by atoms with Crippen molar-refractivity contribution in [3.63, 3.8) is 0 Å². The van der Waals surface area contributed by atoms with Crippen LogP contribution < -0.4 is 4.72 Å². The van der Waals surface area contributed by atoms with Crippen LogP contribution in [0.25, 0.3) is 0 Å². The molecule has 1 amide bonds. The Morgan fingerprint density at radius 1 is 1.55 bits per heavy atom. The molecule has 112 valence electrons. The van der Waals surface area contributed by atoms with Crippen LogP contribution >= 0.6 is 0 Å². The van der Waals surface area contributed by atoms with E-state index >= 15 is 0 Å². The van der Waals surface area contributed by atoms with Gasteiger partial charge in [0.1, 0.15) is 0 Å². The smallest absolute Gasteiger partial charge is 0.292 e. The van der Waals surface area contributed by atoms with Crippen LogP contribution in [0.3, 0.4) is 0 Å². The Labute approximate surface area is 118 Å². The quantitative estimate of drug-likeness (QED) is 0.875. The number of piperidine rings is 1. The van der Waals surface area contributed by atoms with E-state index in [1.807, 2.05) is 0 Å². The van der Waals surface area contributed by atoms with Gasteiger partial charge < -0.3 is 9.42 Å². The number of likely N-dealkylation sites (tertiary alicyclic amines) is 1. The molecule has 0 saturated carbocycles. The van der Waals surface area contributed by atoms with Crippen LogP contribution in [-0.2, 0) is 10.0 Å². The van der Waals surface area contributed by atoms with Crippen molar-refractivity contribution in [3.8, 4) is 0 Å². The zero-order valence-electron chi connectivity index (χ0n) is 11.6. The largest absolute Gasteiger partial charge is 0.351 e. The molecule has 2 rings (SSSR count). The SMILES string of the molecule is Cc1cc(C(=O)N2CCCCC2CNS(C)(=O)=O)on1. The van der Waals surface area contributed by atoms with Gasteiger partial charge in [-0.1, -0.05) is 5.16 Å². The van der Waals surface area contributed by atoms with Crippen LogP contribution in [0.15, 0.2) is 10.6 Å². The highest BCUT2D eigenvalue weighted by molar-refractivity contribution is 7.88. The number of hydrogen-bond donors (Lipinski definition) is 1. The highest BCUT2D eigenvalue weighted by atomic mass is 32.2. The van der Waals surface area contributed by atoms with Gasteiger partial charge in [0.2, 0.25) is 15.8 Å². The minimum absolute atomic E-state index is 0.142. The van der Waals surface area contributed by atoms with Gasteiger partial charge in [-0.25, -0.2) is 13.1 Å². The maximum atomic E-state index is 12.4. The first-order chi connectivity index (χ1) is 9.37. The lowest BCUT2D eigenvalue weighted by atomic mass is 10.0. The second-order valence-corrected chi connectivity index (χ2v) is 6.93. The molecule has 1 aromatic rings. The molecule has 1 atom stereocenters. The van der Waals surface area contributed by atoms with Crippen molar-refractivity contribution < 1.29 is 17.7 Å². The predicted octanol–water partition coefficient (Wildman–Crippen LogP) is 0.527. The first-order valence-corrected chi connectivity index (χ1v) is 8.45. The summed E-state index contributed by atoms with van der Waals surface area (Å²) in [4.78, 5) is 14.0. The van der Waals surface area contributed by atoms with Crippen molar-refractivity contribution in [2.45, 2.75) is 32.2 Å². The number of carbonyl (C=O) groups excluding carboxylic acids is 1. The predicted molar refractivity (Wildman–Crippen MR) is 72.8 cm³/mol. The average molecular weight is 301 g/mol. The lowest BCUT2D eigenvalue weighted by Crippen LogP contribution is -2.49. The van der Waals surface area contributed by atoms with Crippen LogP contribution in [0, 0.1) is 6.92 Å². The van der Waals surface area contributed by atoms with Gasteiger partial charge in [-0.15, -0.1) is 0 Å². The molecule has 0 aromatic carbocycles. The van der Waals surface area contributed by atoms with Crippen molar-refractivity contribution in [1.82, 2.24) is 14.8 Å². The van der Waals surface area contributed by atoms with E-state index in [9.17, 15) is 13.2 Å². The minimum Gasteiger partial charge on any atom is -0.351 e. The van der Waals surface area contributed by atoms with Gasteiger partial charge in [0.15, 0.2) is 0 Å². The summed E-state index contributed by atoms with van der Waals surface area (Å²) in [5.41, 5.74) is 0.649. The standard InChI is InChI=1S/C12H19N3O4S/c1-9-7-11(19-14-9)12(16)15-6-4-3-5-10(15)8-13-20(2,17)18/h7,10,13H,3-6,8H2,1-2H3. The monoisotopic (exact) mass is 301 g/mol. The molecule has 1 N–H and O–H groups in total. The third-order valence-electron chi connectivity index (χ3n) is 3.31. The van der Waals surface area contributed by atoms with Gasteiger partial charge >= 0.3 is 0 Å². The summed E-state index contributed by atoms with van der Waals surface area (Å²) in [5.74, 6) is -0.0284. The fourth-order valence-corrected chi connectivity index (χ4v) is 2.83. The molecule has 1 fully saturated rings. The van der Waals surface area contributed by atoms with E-state index in [2.05, 4.69) is 9.88 Å². The molecule has 0 spiro atoms. The Kier molecular flexibility index (Phi) is 4.44. The summed E-state index contributed by atoms with van der Waals surface area (Å²) in [5, 5.41) is 3.71. The van der Waals surface area contributed by atoms with Crippen LogP contribution in [-0.4, -0.2) is 49.8 Å². The molecular weight excluding hydrogens is 282 g/mol. The molecule has 1 aliphatic heterocycles. The van der Waals surface area contributed by atoms with Crippen molar-refractivity contribution >= 4 is 15.9 Å². The summed E-state index contributed by atoms with van der Waals surface area (Å²) in [6, 6.07) is 1.45. The Morgan fingerprint density at radius 3 is 2.90 bits per heavy atom. The van der Waals surface area contributed by atoms with Crippen molar-refractivity contribution in [2.75, 3.05) is 19.3 Å². The van der Waals surface area contributed by atoms with Crippen molar-refractivity contribution in [1.29, 1.82) is 0 Å². The number of aromatic nitrogens is 1. The summed E-state index contributed by atoms with van der Waals surface area (Å²) >= 11 is 0. The van der Waals surface area contributed by atoms with E-state index in [1.165, 1.54) is 0 Å². The summed E-state index contributed by atoms with van der Waals surface area (Å²) in [7, 11) is -3.26. The Balaban J connectivity index is 2.08. The third kappa shape index (κ3) is 3.80. The van der Waals surface area contributed by atoms with E-state index in [-0.39, 0.29) is 24.3 Å². The zero-order chi connectivity index (χ0) is 14.8. The van der Waals surface area contributed by atoms with E-state index in [1.54, 1.807) is 17.9 Å². The van der Waals surface area contributed by atoms with E-state index in [0.717, 1.165) is 25.5 Å². The Bertz CT molecular complexity index is 581. The lowest BCUT2D eigenvalue weighted by Gasteiger charge is -2.35. The molecule has 1 unspecified atom stereocenters. The first-order valence-electron chi connectivity index (χ1n) is 6.56. The third-order valence-corrected chi connectivity index (χ3v) is 4.00. The van der Waals surface area contributed by atoms with Gasteiger partial charge in [0.05, 0.1) is 11.9 Å². The zero-order valence-corrected chi connectivity index (χ0v) is 12.4. The molecule has 1 aliphatic rings. The maximum Gasteiger partial charge on any atom is 0.292 e. The lowest BCUT2D eigenvalue weighted by molar-refractivity contribution is 0.0576. The van der Waals surface area contributed by atoms with Gasteiger partial charge in [-0.2, -0.15) is 0 Å². The Hall–Kier alpha value is -1.41. The Morgan fingerprint density at radius 2 is 2.30 bits per heavy atom. The topological polar surface area (TPSA) is 92.5 Å². The molecule has 8 heteroatoms. The highest BCUT2D eigenvalue weighted by Crippen LogP contribution is 2.19. The van der Waals surface area contributed by atoms with Crippen LogP contribution in [0.2, 0.25) is 0 Å². The van der Waals surface area contributed by atoms with Crippen LogP contribution in [0.1, 0.15) is 35.5 Å². The van der Waals surface area contributed by atoms with Gasteiger partial charge in [0.25, 0.3) is 5.91 Å². The highest BCUT2D eigenvalue weighted by Gasteiger charge is 2.29. The summed E-state index contributed by atoms with van der Waals surface area (Å²) in [6.07, 6.45) is 3.78. The van der Waals surface area contributed by atoms with E-state index in [4.69, 9.17) is 4.52 Å². The molecule has 7 nitrogen and oxygen atoms in total. The molecule has 1 saturated heterocycles. The molecular formula is C12H19N3O4S. The number of hydrogen-bond acceptors (Lipinski definition) is 5. The normalized spacial score (nSPS) is 20.1. The summed E-state index contributed by atoms with van der Waals surface area (Å²) < 4.78 is 29.8.